The molecule has 3 nitrogen and oxygen atoms in total. The highest BCUT2D eigenvalue weighted by Crippen LogP contribution is 2.16. The van der Waals surface area contributed by atoms with E-state index in [1.54, 1.807) is 4.90 Å². The van der Waals surface area contributed by atoms with Gasteiger partial charge in [0.1, 0.15) is 0 Å². The second-order valence-electron chi connectivity index (χ2n) is 5.41. The van der Waals surface area contributed by atoms with Gasteiger partial charge in [0.2, 0.25) is 5.91 Å². The number of amides is 1. The van der Waals surface area contributed by atoms with E-state index < -0.39 is 0 Å². The molecule has 0 unspecified atom stereocenters. The molecule has 0 heterocycles. The Labute approximate surface area is 126 Å². The summed E-state index contributed by atoms with van der Waals surface area (Å²) in [7, 11) is 1.83. The van der Waals surface area contributed by atoms with E-state index in [2.05, 4.69) is 23.5 Å². The first kappa shape index (κ1) is 15.1. The summed E-state index contributed by atoms with van der Waals surface area (Å²) in [6.45, 7) is 5.04. The van der Waals surface area contributed by atoms with Gasteiger partial charge in [-0.15, -0.1) is 0 Å². The summed E-state index contributed by atoms with van der Waals surface area (Å²) in [5, 5.41) is 3.23. The number of likely N-dealkylation sites (N-methyl/N-ethyl adjacent to an activating group) is 1. The van der Waals surface area contributed by atoms with Gasteiger partial charge in [0.05, 0.1) is 6.54 Å². The number of rotatable bonds is 5. The Morgan fingerprint density at radius 3 is 2.52 bits per heavy atom. The average Bonchev–Trinajstić information content (AvgIpc) is 2.49. The van der Waals surface area contributed by atoms with Gasteiger partial charge < -0.3 is 10.2 Å². The van der Waals surface area contributed by atoms with Crippen LogP contribution in [0.5, 0.6) is 0 Å². The summed E-state index contributed by atoms with van der Waals surface area (Å²) in [6, 6.07) is 16.2. The van der Waals surface area contributed by atoms with Crippen LogP contribution in [0.3, 0.4) is 0 Å². The third-order valence-corrected chi connectivity index (χ3v) is 3.51. The van der Waals surface area contributed by atoms with Crippen LogP contribution in [-0.2, 0) is 11.3 Å². The number of carbonyl (C=O) groups is 1. The summed E-state index contributed by atoms with van der Waals surface area (Å²) >= 11 is 0. The van der Waals surface area contributed by atoms with Gasteiger partial charge in [0, 0.05) is 19.3 Å². The molecule has 110 valence electrons. The molecule has 0 aliphatic heterocycles. The van der Waals surface area contributed by atoms with Crippen LogP contribution in [0.25, 0.3) is 0 Å². The van der Waals surface area contributed by atoms with Gasteiger partial charge in [-0.25, -0.2) is 0 Å². The monoisotopic (exact) mass is 282 g/mol. The number of nitrogens with zero attached hydrogens (tertiary/aromatic N) is 1. The molecular weight excluding hydrogens is 260 g/mol. The lowest BCUT2D eigenvalue weighted by Gasteiger charge is -2.18. The maximum atomic E-state index is 12.2. The van der Waals surface area contributed by atoms with Gasteiger partial charge in [-0.1, -0.05) is 42.5 Å². The number of nitrogens with one attached hydrogen (secondary N) is 1. The van der Waals surface area contributed by atoms with E-state index >= 15 is 0 Å². The minimum atomic E-state index is 0.0831. The number of anilines is 1. The Morgan fingerprint density at radius 1 is 1.10 bits per heavy atom. The second kappa shape index (κ2) is 6.93. The van der Waals surface area contributed by atoms with Crippen molar-refractivity contribution in [3.05, 3.63) is 65.2 Å². The normalized spacial score (nSPS) is 10.2. The Hall–Kier alpha value is -2.29. The Kier molecular flexibility index (Phi) is 4.99. The van der Waals surface area contributed by atoms with Crippen LogP contribution in [-0.4, -0.2) is 24.4 Å². The molecule has 0 saturated carbocycles. The number of hydrogen-bond donors (Lipinski definition) is 1. The van der Waals surface area contributed by atoms with Crippen LogP contribution < -0.4 is 5.32 Å². The first-order valence-corrected chi connectivity index (χ1v) is 7.15. The van der Waals surface area contributed by atoms with Crippen molar-refractivity contribution in [2.24, 2.45) is 0 Å². The molecule has 2 aromatic carbocycles. The summed E-state index contributed by atoms with van der Waals surface area (Å²) in [6.07, 6.45) is 0. The molecular formula is C18H22N2O. The number of carbonyl (C=O) groups excluding carboxylic acids is 1. The molecule has 21 heavy (non-hydrogen) atoms. The molecule has 1 N–H and O–H groups in total. The largest absolute Gasteiger partial charge is 0.376 e. The molecule has 2 rings (SSSR count). The van der Waals surface area contributed by atoms with E-state index in [0.717, 1.165) is 16.8 Å². The molecule has 2 aromatic rings. The highest BCUT2D eigenvalue weighted by Gasteiger charge is 2.09. The van der Waals surface area contributed by atoms with Crippen molar-refractivity contribution in [3.8, 4) is 0 Å². The quantitative estimate of drug-likeness (QED) is 0.912. The van der Waals surface area contributed by atoms with E-state index in [-0.39, 0.29) is 5.91 Å². The summed E-state index contributed by atoms with van der Waals surface area (Å²) in [5.41, 5.74) is 4.50. The van der Waals surface area contributed by atoms with Gasteiger partial charge in [0.15, 0.2) is 0 Å². The summed E-state index contributed by atoms with van der Waals surface area (Å²) in [5.74, 6) is 0.0831. The molecule has 0 aliphatic rings. The van der Waals surface area contributed by atoms with Gasteiger partial charge in [-0.05, 0) is 36.6 Å². The zero-order valence-corrected chi connectivity index (χ0v) is 12.9. The minimum Gasteiger partial charge on any atom is -0.376 e. The lowest BCUT2D eigenvalue weighted by atomic mass is 10.1. The van der Waals surface area contributed by atoms with Crippen LogP contribution >= 0.6 is 0 Å². The molecule has 0 atom stereocenters. The zero-order valence-electron chi connectivity index (χ0n) is 12.9. The lowest BCUT2D eigenvalue weighted by Crippen LogP contribution is -2.31. The molecule has 0 aromatic heterocycles. The smallest absolute Gasteiger partial charge is 0.241 e. The predicted octanol–water partition coefficient (Wildman–Crippen LogP) is 3.37. The SMILES string of the molecule is Cc1ccc(C)c(NCC(=O)N(C)Cc2ccccc2)c1. The van der Waals surface area contributed by atoms with Gasteiger partial charge in [-0.3, -0.25) is 4.79 Å². The van der Waals surface area contributed by atoms with Crippen molar-refractivity contribution in [1.29, 1.82) is 0 Å². The van der Waals surface area contributed by atoms with Crippen molar-refractivity contribution >= 4 is 11.6 Å². The van der Waals surface area contributed by atoms with Crippen LogP contribution in [0.4, 0.5) is 5.69 Å². The second-order valence-corrected chi connectivity index (χ2v) is 5.41. The highest BCUT2D eigenvalue weighted by molar-refractivity contribution is 5.80. The summed E-state index contributed by atoms with van der Waals surface area (Å²) < 4.78 is 0. The van der Waals surface area contributed by atoms with Crippen molar-refractivity contribution in [3.63, 3.8) is 0 Å². The van der Waals surface area contributed by atoms with E-state index in [4.69, 9.17) is 0 Å². The minimum absolute atomic E-state index is 0.0831. The van der Waals surface area contributed by atoms with Crippen molar-refractivity contribution < 1.29 is 4.79 Å². The fraction of sp³-hybridized carbons (Fsp3) is 0.278. The maximum absolute atomic E-state index is 12.2. The zero-order chi connectivity index (χ0) is 15.2. The Bertz CT molecular complexity index is 608. The molecule has 1 amide bonds. The third kappa shape index (κ3) is 4.35. The molecule has 0 radical (unpaired) electrons. The van der Waals surface area contributed by atoms with Crippen LogP contribution in [0.15, 0.2) is 48.5 Å². The number of hydrogen-bond acceptors (Lipinski definition) is 2. The fourth-order valence-corrected chi connectivity index (χ4v) is 2.18. The van der Waals surface area contributed by atoms with Crippen LogP contribution in [0, 0.1) is 13.8 Å². The highest BCUT2D eigenvalue weighted by atomic mass is 16.2. The topological polar surface area (TPSA) is 32.3 Å². The Balaban J connectivity index is 1.91. The standard InChI is InChI=1S/C18H22N2O/c1-14-9-10-15(2)17(11-14)19-12-18(21)20(3)13-16-7-5-4-6-8-16/h4-11,19H,12-13H2,1-3H3. The van der Waals surface area contributed by atoms with E-state index in [0.29, 0.717) is 13.1 Å². The number of benzene rings is 2. The molecule has 0 bridgehead atoms. The van der Waals surface area contributed by atoms with Gasteiger partial charge >= 0.3 is 0 Å². The molecule has 3 heteroatoms. The third-order valence-electron chi connectivity index (χ3n) is 3.51. The van der Waals surface area contributed by atoms with Crippen molar-refractivity contribution in [1.82, 2.24) is 4.90 Å². The van der Waals surface area contributed by atoms with Gasteiger partial charge in [-0.2, -0.15) is 0 Å². The van der Waals surface area contributed by atoms with Crippen molar-refractivity contribution in [2.75, 3.05) is 18.9 Å². The van der Waals surface area contributed by atoms with Crippen LogP contribution in [0.1, 0.15) is 16.7 Å². The fourth-order valence-electron chi connectivity index (χ4n) is 2.18. The molecule has 0 saturated heterocycles. The van der Waals surface area contributed by atoms with Crippen LogP contribution in [0.2, 0.25) is 0 Å². The summed E-state index contributed by atoms with van der Waals surface area (Å²) in [4.78, 5) is 13.9. The average molecular weight is 282 g/mol. The van der Waals surface area contributed by atoms with Gasteiger partial charge in [0.25, 0.3) is 0 Å². The van der Waals surface area contributed by atoms with Crippen molar-refractivity contribution in [2.45, 2.75) is 20.4 Å². The van der Waals surface area contributed by atoms with E-state index in [9.17, 15) is 4.79 Å². The predicted molar refractivity (Wildman–Crippen MR) is 87.3 cm³/mol. The Morgan fingerprint density at radius 2 is 1.81 bits per heavy atom. The first-order valence-electron chi connectivity index (χ1n) is 7.15. The molecule has 0 fully saturated rings. The number of aryl methyl sites for hydroxylation is 2. The van der Waals surface area contributed by atoms with E-state index in [1.807, 2.05) is 51.2 Å². The maximum Gasteiger partial charge on any atom is 0.241 e. The first-order chi connectivity index (χ1) is 10.1. The molecule has 0 spiro atoms. The van der Waals surface area contributed by atoms with E-state index in [1.165, 1.54) is 5.56 Å². The molecule has 0 aliphatic carbocycles. The lowest BCUT2D eigenvalue weighted by molar-refractivity contribution is -0.128.